The van der Waals surface area contributed by atoms with Crippen molar-refractivity contribution >= 4 is 12.0 Å². The number of piperidine rings is 1. The van der Waals surface area contributed by atoms with E-state index >= 15 is 0 Å². The van der Waals surface area contributed by atoms with Crippen molar-refractivity contribution in [2.45, 2.75) is 25.7 Å². The number of carbonyl (C=O) groups is 2. The summed E-state index contributed by atoms with van der Waals surface area (Å²) < 4.78 is 0. The van der Waals surface area contributed by atoms with Gasteiger partial charge in [0.05, 0.1) is 0 Å². The Balaban J connectivity index is 1.79. The summed E-state index contributed by atoms with van der Waals surface area (Å²) in [6.07, 6.45) is 2.85. The molecular formula is C13H23N3O3. The zero-order valence-electron chi connectivity index (χ0n) is 11.3. The molecule has 6 heteroatoms. The van der Waals surface area contributed by atoms with E-state index in [1.165, 1.54) is 0 Å². The molecular weight excluding hydrogens is 246 g/mol. The van der Waals surface area contributed by atoms with Crippen molar-refractivity contribution in [2.24, 2.45) is 5.92 Å². The molecule has 2 aliphatic rings. The van der Waals surface area contributed by atoms with Crippen LogP contribution in [-0.2, 0) is 4.79 Å². The molecule has 0 saturated carbocycles. The number of aliphatic carboxylic acids is 1. The number of hydrogen-bond donors (Lipinski definition) is 2. The van der Waals surface area contributed by atoms with Crippen molar-refractivity contribution < 1.29 is 14.7 Å². The Bertz CT molecular complexity index is 319. The highest BCUT2D eigenvalue weighted by Gasteiger charge is 2.27. The van der Waals surface area contributed by atoms with Gasteiger partial charge in [-0.1, -0.05) is 0 Å². The molecule has 0 aromatic rings. The number of hydrogen-bond acceptors (Lipinski definition) is 3. The third-order valence-electron chi connectivity index (χ3n) is 3.96. The maximum absolute atomic E-state index is 12.3. The van der Waals surface area contributed by atoms with Crippen LogP contribution in [0.3, 0.4) is 0 Å². The van der Waals surface area contributed by atoms with Crippen LogP contribution in [0.4, 0.5) is 4.79 Å². The second-order valence-electron chi connectivity index (χ2n) is 5.40. The molecule has 0 aliphatic carbocycles. The number of nitrogens with zero attached hydrogens (tertiary/aromatic N) is 2. The molecule has 6 nitrogen and oxygen atoms in total. The molecule has 0 bridgehead atoms. The number of carbonyl (C=O) groups excluding carboxylic acids is 1. The van der Waals surface area contributed by atoms with Crippen LogP contribution in [0, 0.1) is 5.92 Å². The number of carboxylic acids is 1. The van der Waals surface area contributed by atoms with Crippen LogP contribution in [0.2, 0.25) is 0 Å². The number of carboxylic acid groups (broad SMARTS) is 1. The Labute approximate surface area is 113 Å². The van der Waals surface area contributed by atoms with E-state index in [1.807, 2.05) is 9.80 Å². The molecule has 2 aliphatic heterocycles. The van der Waals surface area contributed by atoms with Gasteiger partial charge in [0.2, 0.25) is 0 Å². The first-order valence-corrected chi connectivity index (χ1v) is 7.13. The van der Waals surface area contributed by atoms with Crippen molar-refractivity contribution in [3.63, 3.8) is 0 Å². The van der Waals surface area contributed by atoms with E-state index in [0.717, 1.165) is 45.4 Å². The minimum absolute atomic E-state index is 0.123. The number of nitrogens with one attached hydrogen (secondary N) is 1. The fourth-order valence-electron chi connectivity index (χ4n) is 2.81. The lowest BCUT2D eigenvalue weighted by atomic mass is 9.94. The molecule has 2 N–H and O–H groups in total. The van der Waals surface area contributed by atoms with Crippen LogP contribution < -0.4 is 5.32 Å². The summed E-state index contributed by atoms with van der Waals surface area (Å²) in [5.41, 5.74) is 0. The highest BCUT2D eigenvalue weighted by molar-refractivity contribution is 5.74. The third kappa shape index (κ3) is 4.09. The maximum Gasteiger partial charge on any atom is 0.320 e. The summed E-state index contributed by atoms with van der Waals surface area (Å²) in [4.78, 5) is 26.8. The number of urea groups is 1. The Morgan fingerprint density at radius 1 is 1.05 bits per heavy atom. The number of rotatable bonds is 2. The summed E-state index contributed by atoms with van der Waals surface area (Å²) in [7, 11) is 0. The van der Waals surface area contributed by atoms with Crippen LogP contribution in [0.5, 0.6) is 0 Å². The topological polar surface area (TPSA) is 72.9 Å². The normalized spacial score (nSPS) is 22.1. The van der Waals surface area contributed by atoms with Crippen LogP contribution in [-0.4, -0.2) is 66.2 Å². The Morgan fingerprint density at radius 3 is 2.42 bits per heavy atom. The molecule has 2 fully saturated rings. The third-order valence-corrected chi connectivity index (χ3v) is 3.96. The van der Waals surface area contributed by atoms with Gasteiger partial charge >= 0.3 is 12.0 Å². The Morgan fingerprint density at radius 2 is 1.74 bits per heavy atom. The molecule has 19 heavy (non-hydrogen) atoms. The lowest BCUT2D eigenvalue weighted by Crippen LogP contribution is -2.47. The number of likely N-dealkylation sites (tertiary alicyclic amines) is 1. The van der Waals surface area contributed by atoms with E-state index in [4.69, 9.17) is 5.11 Å². The molecule has 2 saturated heterocycles. The SMILES string of the molecule is O=C(O)CC1CCN(C(=O)N2CCCNCC2)CC1. The summed E-state index contributed by atoms with van der Waals surface area (Å²) in [5.74, 6) is -0.504. The molecule has 2 heterocycles. The van der Waals surface area contributed by atoms with Crippen LogP contribution in [0.15, 0.2) is 0 Å². The van der Waals surface area contributed by atoms with Crippen molar-refractivity contribution in [2.75, 3.05) is 39.3 Å². The zero-order chi connectivity index (χ0) is 13.7. The largest absolute Gasteiger partial charge is 0.481 e. The van der Waals surface area contributed by atoms with Gasteiger partial charge < -0.3 is 20.2 Å². The van der Waals surface area contributed by atoms with Crippen LogP contribution in [0.1, 0.15) is 25.7 Å². The van der Waals surface area contributed by atoms with Gasteiger partial charge in [0.1, 0.15) is 0 Å². The van der Waals surface area contributed by atoms with Gasteiger partial charge in [0.25, 0.3) is 0 Å². The lowest BCUT2D eigenvalue weighted by Gasteiger charge is -2.35. The smallest absolute Gasteiger partial charge is 0.320 e. The van der Waals surface area contributed by atoms with Gasteiger partial charge in [-0.05, 0) is 31.7 Å². The molecule has 0 aromatic carbocycles. The summed E-state index contributed by atoms with van der Waals surface area (Å²) >= 11 is 0. The number of amides is 2. The highest BCUT2D eigenvalue weighted by Crippen LogP contribution is 2.21. The summed E-state index contributed by atoms with van der Waals surface area (Å²) in [6, 6.07) is 0.123. The standard InChI is InChI=1S/C13H23N3O3/c17-12(18)10-11-2-7-16(8-3-11)13(19)15-6-1-4-14-5-9-15/h11,14H,1-10H2,(H,17,18). The van der Waals surface area contributed by atoms with E-state index in [9.17, 15) is 9.59 Å². The average molecular weight is 269 g/mol. The van der Waals surface area contributed by atoms with Crippen LogP contribution >= 0.6 is 0 Å². The molecule has 0 aromatic heterocycles. The molecule has 0 unspecified atom stereocenters. The minimum Gasteiger partial charge on any atom is -0.481 e. The van der Waals surface area contributed by atoms with Crippen LogP contribution in [0.25, 0.3) is 0 Å². The fourth-order valence-corrected chi connectivity index (χ4v) is 2.81. The van der Waals surface area contributed by atoms with E-state index in [1.54, 1.807) is 0 Å². The Hall–Kier alpha value is -1.30. The minimum atomic E-state index is -0.733. The second-order valence-corrected chi connectivity index (χ2v) is 5.40. The van der Waals surface area contributed by atoms with E-state index in [2.05, 4.69) is 5.32 Å². The van der Waals surface area contributed by atoms with Crippen molar-refractivity contribution in [1.29, 1.82) is 0 Å². The summed E-state index contributed by atoms with van der Waals surface area (Å²) in [5, 5.41) is 12.1. The van der Waals surface area contributed by atoms with Gasteiger partial charge in [0.15, 0.2) is 0 Å². The maximum atomic E-state index is 12.3. The quantitative estimate of drug-likeness (QED) is 0.769. The van der Waals surface area contributed by atoms with Gasteiger partial charge in [-0.15, -0.1) is 0 Å². The van der Waals surface area contributed by atoms with Crippen molar-refractivity contribution in [1.82, 2.24) is 15.1 Å². The molecule has 0 spiro atoms. The molecule has 2 amide bonds. The van der Waals surface area contributed by atoms with Crippen molar-refractivity contribution in [3.8, 4) is 0 Å². The molecule has 0 atom stereocenters. The zero-order valence-corrected chi connectivity index (χ0v) is 11.3. The van der Waals surface area contributed by atoms with E-state index in [0.29, 0.717) is 13.1 Å². The predicted molar refractivity (Wildman–Crippen MR) is 71.0 cm³/mol. The van der Waals surface area contributed by atoms with Gasteiger partial charge in [0, 0.05) is 39.1 Å². The van der Waals surface area contributed by atoms with Crippen molar-refractivity contribution in [3.05, 3.63) is 0 Å². The Kier molecular flexibility index (Phi) is 5.01. The summed E-state index contributed by atoms with van der Waals surface area (Å²) in [6.45, 7) is 4.82. The molecule has 0 radical (unpaired) electrons. The predicted octanol–water partition coefficient (Wildman–Crippen LogP) is 0.588. The molecule has 2 rings (SSSR count). The first kappa shape index (κ1) is 14.1. The first-order valence-electron chi connectivity index (χ1n) is 7.13. The molecule has 108 valence electrons. The fraction of sp³-hybridized carbons (Fsp3) is 0.846. The second kappa shape index (κ2) is 6.75. The average Bonchev–Trinajstić information content (AvgIpc) is 2.67. The lowest BCUT2D eigenvalue weighted by molar-refractivity contribution is -0.138. The first-order chi connectivity index (χ1) is 9.16. The monoisotopic (exact) mass is 269 g/mol. The van der Waals surface area contributed by atoms with Gasteiger partial charge in [-0.25, -0.2) is 4.79 Å². The van der Waals surface area contributed by atoms with Gasteiger partial charge in [-0.2, -0.15) is 0 Å². The van der Waals surface area contributed by atoms with Gasteiger partial charge in [-0.3, -0.25) is 4.79 Å². The van der Waals surface area contributed by atoms with E-state index in [-0.39, 0.29) is 18.4 Å². The highest BCUT2D eigenvalue weighted by atomic mass is 16.4. The van der Waals surface area contributed by atoms with E-state index < -0.39 is 5.97 Å².